The normalized spacial score (nSPS) is 0. The van der Waals surface area contributed by atoms with Crippen LogP contribution in [0, 0.1) is 0 Å². The van der Waals surface area contributed by atoms with E-state index in [2.05, 4.69) is 0 Å². The number of hydrogen-bond donors (Lipinski definition) is 0. The van der Waals surface area contributed by atoms with Crippen molar-refractivity contribution in [1.82, 2.24) is 0 Å². The third-order valence-electron chi connectivity index (χ3n) is 0. The first-order valence-electron chi connectivity index (χ1n) is 0. The molecule has 0 unspecified atom stereocenters. The molecule has 0 spiro atoms. The molecule has 0 aromatic rings. The van der Waals surface area contributed by atoms with Gasteiger partial charge in [-0.25, -0.2) is 0 Å². The van der Waals surface area contributed by atoms with E-state index in [1.54, 1.807) is 0 Å². The van der Waals surface area contributed by atoms with Crippen molar-refractivity contribution in [3.05, 3.63) is 0 Å². The molecular weight excluding hydrogens is 98.9 g/mol. The average molecular weight is 101 g/mol. The van der Waals surface area contributed by atoms with Gasteiger partial charge >= 0.3 is 0 Å². The minimum atomic E-state index is 0. The van der Waals surface area contributed by atoms with Gasteiger partial charge in [0.05, 0.1) is 0 Å². The second kappa shape index (κ2) is 97.6. The van der Waals surface area contributed by atoms with Gasteiger partial charge in [-0.15, -0.1) is 0 Å². The molecule has 0 atom stereocenters. The van der Waals surface area contributed by atoms with Crippen LogP contribution < -0.4 is 0 Å². The van der Waals surface area contributed by atoms with Gasteiger partial charge in [-0.1, -0.05) is 0 Å². The topological polar surface area (TPSA) is 88.5 Å². The Bertz CT molecular complexity index is 3.25. The zero-order chi connectivity index (χ0) is 0. The molecule has 29 valence electrons. The van der Waals surface area contributed by atoms with Crippen molar-refractivity contribution in [3.8, 4) is 0 Å². The van der Waals surface area contributed by atoms with Gasteiger partial charge in [0.15, 0.2) is 0 Å². The summed E-state index contributed by atoms with van der Waals surface area (Å²) in [5.41, 5.74) is 0. The van der Waals surface area contributed by atoms with Crippen LogP contribution >= 0.6 is 0 Å². The largest absolute Gasteiger partial charge is 2.00 e. The van der Waals surface area contributed by atoms with E-state index >= 15 is 0 Å². The molecule has 0 saturated heterocycles. The van der Waals surface area contributed by atoms with Crippen molar-refractivity contribution in [2.24, 2.45) is 0 Å². The molecule has 0 aromatic carbocycles. The van der Waals surface area contributed by atoms with Crippen LogP contribution in [0.25, 0.3) is 0 Å². The van der Waals surface area contributed by atoms with Crippen LogP contribution in [0.5, 0.6) is 0 Å². The van der Waals surface area contributed by atoms with Gasteiger partial charge in [-0.3, -0.25) is 0 Å². The summed E-state index contributed by atoms with van der Waals surface area (Å²) < 4.78 is 0. The molecule has 0 fully saturated rings. The first kappa shape index (κ1) is 248. The molecule has 0 aliphatic rings. The average Bonchev–Trinajstić information content (AvgIpc) is 0. The first-order chi connectivity index (χ1) is 0. The molecule has 2 N–H and O–H groups in total. The summed E-state index contributed by atoms with van der Waals surface area (Å²) >= 11 is 0. The van der Waals surface area contributed by atoms with Crippen molar-refractivity contribution < 1.29 is 35.0 Å². The van der Waals surface area contributed by atoms with Crippen LogP contribution in [0.2, 0.25) is 0 Å². The molecule has 0 heterocycles. The molecule has 4 heavy (non-hydrogen) atoms. The number of hydrogen-bond acceptors (Lipinski definition) is 0. The maximum atomic E-state index is 0. The Morgan fingerprint density at radius 1 is 0.750 bits per heavy atom. The van der Waals surface area contributed by atoms with Gasteiger partial charge < -0.3 is 16.4 Å². The third kappa shape index (κ3) is 24.5. The third-order valence-corrected chi connectivity index (χ3v) is 0. The van der Waals surface area contributed by atoms with Crippen molar-refractivity contribution >= 4 is 0 Å². The molecule has 0 bridgehead atoms. The Morgan fingerprint density at radius 3 is 0.750 bits per heavy atom. The van der Waals surface area contributed by atoms with E-state index in [4.69, 9.17) is 0 Å². The van der Waals surface area contributed by atoms with Crippen LogP contribution in [0.4, 0.5) is 0 Å². The van der Waals surface area contributed by atoms with Gasteiger partial charge in [0, 0.05) is 18.6 Å². The summed E-state index contributed by atoms with van der Waals surface area (Å²) in [6, 6.07) is 0. The van der Waals surface area contributed by atoms with E-state index in [1.807, 2.05) is 0 Å². The summed E-state index contributed by atoms with van der Waals surface area (Å²) in [7, 11) is 0. The summed E-state index contributed by atoms with van der Waals surface area (Å²) in [6.45, 7) is 0. The van der Waals surface area contributed by atoms with E-state index in [-0.39, 0.29) is 35.0 Å². The Morgan fingerprint density at radius 2 is 0.750 bits per heavy atom. The Hall–Kier alpha value is 0.464. The minimum Gasteiger partial charge on any atom is -2.00 e. The van der Waals surface area contributed by atoms with Gasteiger partial charge in [-0.2, -0.15) is 0 Å². The quantitative estimate of drug-likeness (QED) is 0.372. The van der Waals surface area contributed by atoms with E-state index in [0.717, 1.165) is 0 Å². The van der Waals surface area contributed by atoms with E-state index < -0.39 is 0 Å². The molecular formula is H2O3V-4. The molecule has 0 aromatic heterocycles. The van der Waals surface area contributed by atoms with Crippen LogP contribution in [0.15, 0.2) is 0 Å². The van der Waals surface area contributed by atoms with Crippen LogP contribution in [0.1, 0.15) is 0 Å². The van der Waals surface area contributed by atoms with Crippen LogP contribution in [-0.4, -0.2) is 5.48 Å². The predicted molar refractivity (Wildman–Crippen MR) is 4.99 cm³/mol. The standard InChI is InChI=1S/H2O.2O.V/h1H2;;;/q;2*-2;. The second-order valence-corrected chi connectivity index (χ2v) is 0. The van der Waals surface area contributed by atoms with Gasteiger partial charge in [-0.05, 0) is 0 Å². The predicted octanol–water partition coefficient (Wildman–Crippen LogP) is -1.06. The van der Waals surface area contributed by atoms with Crippen LogP contribution in [0.3, 0.4) is 0 Å². The summed E-state index contributed by atoms with van der Waals surface area (Å²) in [6.07, 6.45) is 0. The Balaban J connectivity index is 0. The maximum absolute atomic E-state index is 0. The minimum absolute atomic E-state index is 0. The molecule has 0 aliphatic carbocycles. The SMILES string of the molecule is O.[O-2].[O-2].[V]. The summed E-state index contributed by atoms with van der Waals surface area (Å²) in [5.74, 6) is 0. The first-order valence-corrected chi connectivity index (χ1v) is 0. The molecule has 1 radical (unpaired) electrons. The van der Waals surface area contributed by atoms with Gasteiger partial charge in [0.25, 0.3) is 0 Å². The Kier molecular flexibility index (Phi) is 6060. The van der Waals surface area contributed by atoms with E-state index in [9.17, 15) is 0 Å². The fourth-order valence-corrected chi connectivity index (χ4v) is 0. The van der Waals surface area contributed by atoms with Crippen molar-refractivity contribution in [2.75, 3.05) is 0 Å². The summed E-state index contributed by atoms with van der Waals surface area (Å²) in [5, 5.41) is 0. The van der Waals surface area contributed by atoms with E-state index in [1.165, 1.54) is 0 Å². The van der Waals surface area contributed by atoms with Gasteiger partial charge in [0.2, 0.25) is 0 Å². The maximum Gasteiger partial charge on any atom is 0 e. The second-order valence-electron chi connectivity index (χ2n) is 0. The molecule has 3 nitrogen and oxygen atoms in total. The summed E-state index contributed by atoms with van der Waals surface area (Å²) in [4.78, 5) is 0. The molecule has 0 rings (SSSR count). The van der Waals surface area contributed by atoms with Crippen molar-refractivity contribution in [2.45, 2.75) is 0 Å². The van der Waals surface area contributed by atoms with E-state index in [0.29, 0.717) is 0 Å². The fourth-order valence-electron chi connectivity index (χ4n) is 0. The smallest absolute Gasteiger partial charge is 0 e. The molecule has 4 heteroatoms. The fraction of sp³-hybridized carbons (Fsp3) is 0. The van der Waals surface area contributed by atoms with Gasteiger partial charge in [0.1, 0.15) is 0 Å². The molecule has 0 amide bonds. The number of rotatable bonds is 0. The Labute approximate surface area is 35.8 Å². The van der Waals surface area contributed by atoms with Crippen LogP contribution in [-0.2, 0) is 29.5 Å². The van der Waals surface area contributed by atoms with Crippen molar-refractivity contribution in [1.29, 1.82) is 0 Å². The molecule has 0 saturated carbocycles. The zero-order valence-corrected chi connectivity index (χ0v) is 3.16. The molecule has 0 aliphatic heterocycles. The monoisotopic (exact) mass is 101 g/mol. The zero-order valence-electron chi connectivity index (χ0n) is 1.76. The van der Waals surface area contributed by atoms with Crippen molar-refractivity contribution in [3.63, 3.8) is 0 Å².